The highest BCUT2D eigenvalue weighted by Gasteiger charge is 2.05. The molecule has 4 nitrogen and oxygen atoms in total. The first-order chi connectivity index (χ1) is 7.71. The van der Waals surface area contributed by atoms with Crippen LogP contribution in [0.1, 0.15) is 12.5 Å². The molecule has 1 aromatic carbocycles. The van der Waals surface area contributed by atoms with Gasteiger partial charge in [0.15, 0.2) is 11.5 Å². The van der Waals surface area contributed by atoms with Crippen LogP contribution in [0.2, 0.25) is 0 Å². The minimum atomic E-state index is 0.0908. The number of aliphatic hydroxyl groups is 1. The third-order valence-electron chi connectivity index (χ3n) is 2.38. The first-order valence-electron chi connectivity index (χ1n) is 5.26. The summed E-state index contributed by atoms with van der Waals surface area (Å²) in [7, 11) is 3.23. The zero-order chi connectivity index (χ0) is 12.0. The molecule has 1 rings (SSSR count). The molecule has 0 amide bonds. The van der Waals surface area contributed by atoms with Crippen LogP contribution in [0.5, 0.6) is 11.5 Å². The number of aliphatic hydroxyl groups excluding tert-OH is 1. The number of ether oxygens (including phenoxy) is 2. The fourth-order valence-electron chi connectivity index (χ4n) is 1.35. The number of methoxy groups -OCH3 is 2. The number of benzene rings is 1. The third-order valence-corrected chi connectivity index (χ3v) is 2.38. The quantitative estimate of drug-likeness (QED) is 0.763. The molecule has 0 aliphatic carbocycles. The Kier molecular flexibility index (Phi) is 5.08. The van der Waals surface area contributed by atoms with Gasteiger partial charge in [-0.25, -0.2) is 0 Å². The zero-order valence-electron chi connectivity index (χ0n) is 9.99. The molecule has 0 aliphatic heterocycles. The topological polar surface area (TPSA) is 50.7 Å². The van der Waals surface area contributed by atoms with Crippen molar-refractivity contribution in [2.24, 2.45) is 0 Å². The molecule has 0 radical (unpaired) electrons. The van der Waals surface area contributed by atoms with Crippen LogP contribution in [0.3, 0.4) is 0 Å². The maximum Gasteiger partial charge on any atom is 0.161 e. The van der Waals surface area contributed by atoms with E-state index in [1.54, 1.807) is 14.2 Å². The van der Waals surface area contributed by atoms with Crippen LogP contribution in [0.25, 0.3) is 0 Å². The molecule has 4 heteroatoms. The Morgan fingerprint density at radius 3 is 2.50 bits per heavy atom. The van der Waals surface area contributed by atoms with Gasteiger partial charge >= 0.3 is 0 Å². The summed E-state index contributed by atoms with van der Waals surface area (Å²) in [5, 5.41) is 12.1. The van der Waals surface area contributed by atoms with Crippen LogP contribution in [-0.4, -0.2) is 32.0 Å². The number of rotatable bonds is 6. The summed E-state index contributed by atoms with van der Waals surface area (Å²) in [5.41, 5.74) is 1.10. The first kappa shape index (κ1) is 12.8. The average molecular weight is 225 g/mol. The molecule has 0 unspecified atom stereocenters. The van der Waals surface area contributed by atoms with Gasteiger partial charge in [-0.15, -0.1) is 0 Å². The van der Waals surface area contributed by atoms with Crippen molar-refractivity contribution in [3.05, 3.63) is 23.8 Å². The van der Waals surface area contributed by atoms with E-state index in [1.165, 1.54) is 0 Å². The smallest absolute Gasteiger partial charge is 0.161 e. The fourth-order valence-corrected chi connectivity index (χ4v) is 1.35. The summed E-state index contributed by atoms with van der Waals surface area (Å²) in [6, 6.07) is 5.86. The van der Waals surface area contributed by atoms with Crippen molar-refractivity contribution in [1.82, 2.24) is 5.32 Å². The Morgan fingerprint density at radius 2 is 1.94 bits per heavy atom. The van der Waals surface area contributed by atoms with Gasteiger partial charge in [-0.1, -0.05) is 6.07 Å². The van der Waals surface area contributed by atoms with Crippen LogP contribution in [0.4, 0.5) is 0 Å². The molecular formula is C12H19NO3. The first-order valence-corrected chi connectivity index (χ1v) is 5.26. The Hall–Kier alpha value is -1.26. The predicted octanol–water partition coefficient (Wildman–Crippen LogP) is 1.17. The Morgan fingerprint density at radius 1 is 1.25 bits per heavy atom. The Labute approximate surface area is 96.2 Å². The van der Waals surface area contributed by atoms with Gasteiger partial charge in [0.1, 0.15) is 0 Å². The summed E-state index contributed by atoms with van der Waals surface area (Å²) >= 11 is 0. The van der Waals surface area contributed by atoms with Gasteiger partial charge in [0, 0.05) is 12.6 Å². The lowest BCUT2D eigenvalue weighted by Crippen LogP contribution is -2.28. The van der Waals surface area contributed by atoms with Gasteiger partial charge in [0.2, 0.25) is 0 Å². The second kappa shape index (κ2) is 6.35. The van der Waals surface area contributed by atoms with Gasteiger partial charge in [-0.05, 0) is 24.6 Å². The summed E-state index contributed by atoms with van der Waals surface area (Å²) in [6.07, 6.45) is 0. The highest BCUT2D eigenvalue weighted by molar-refractivity contribution is 5.42. The molecule has 0 saturated carbocycles. The molecule has 0 aromatic heterocycles. The minimum absolute atomic E-state index is 0.0908. The zero-order valence-corrected chi connectivity index (χ0v) is 9.99. The van der Waals surface area contributed by atoms with Crippen molar-refractivity contribution in [3.8, 4) is 11.5 Å². The lowest BCUT2D eigenvalue weighted by molar-refractivity contribution is 0.251. The van der Waals surface area contributed by atoms with Crippen molar-refractivity contribution in [3.63, 3.8) is 0 Å². The largest absolute Gasteiger partial charge is 0.493 e. The van der Waals surface area contributed by atoms with Gasteiger partial charge in [-0.3, -0.25) is 0 Å². The van der Waals surface area contributed by atoms with Crippen LogP contribution in [0.15, 0.2) is 18.2 Å². The van der Waals surface area contributed by atoms with Gasteiger partial charge in [0.25, 0.3) is 0 Å². The molecule has 1 atom stereocenters. The molecular weight excluding hydrogens is 206 g/mol. The number of hydrogen-bond donors (Lipinski definition) is 2. The molecule has 90 valence electrons. The standard InChI is InChI=1S/C12H19NO3/c1-9(8-14)13-7-10-4-5-11(15-2)12(6-10)16-3/h4-6,9,13-14H,7-8H2,1-3H3/t9-/m1/s1. The number of nitrogens with one attached hydrogen (secondary N) is 1. The Balaban J connectivity index is 2.67. The second-order valence-electron chi connectivity index (χ2n) is 3.65. The SMILES string of the molecule is COc1ccc(CN[C@H](C)CO)cc1OC. The molecule has 16 heavy (non-hydrogen) atoms. The lowest BCUT2D eigenvalue weighted by Gasteiger charge is -2.12. The maximum absolute atomic E-state index is 8.89. The molecule has 0 spiro atoms. The van der Waals surface area contributed by atoms with Crippen molar-refractivity contribution in [1.29, 1.82) is 0 Å². The molecule has 2 N–H and O–H groups in total. The molecule has 1 aromatic rings. The monoisotopic (exact) mass is 225 g/mol. The van der Waals surface area contributed by atoms with Crippen LogP contribution < -0.4 is 14.8 Å². The van der Waals surface area contributed by atoms with Crippen LogP contribution in [-0.2, 0) is 6.54 Å². The van der Waals surface area contributed by atoms with E-state index in [9.17, 15) is 0 Å². The second-order valence-corrected chi connectivity index (χ2v) is 3.65. The molecule has 0 fully saturated rings. The third kappa shape index (κ3) is 3.40. The van der Waals surface area contributed by atoms with Crippen molar-refractivity contribution in [2.75, 3.05) is 20.8 Å². The fraction of sp³-hybridized carbons (Fsp3) is 0.500. The van der Waals surface area contributed by atoms with Crippen molar-refractivity contribution < 1.29 is 14.6 Å². The van der Waals surface area contributed by atoms with Crippen molar-refractivity contribution >= 4 is 0 Å². The highest BCUT2D eigenvalue weighted by Crippen LogP contribution is 2.27. The summed E-state index contributed by atoms with van der Waals surface area (Å²) < 4.78 is 10.4. The van der Waals surface area contributed by atoms with Crippen LogP contribution in [0, 0.1) is 0 Å². The van der Waals surface area contributed by atoms with E-state index < -0.39 is 0 Å². The van der Waals surface area contributed by atoms with E-state index in [0.29, 0.717) is 6.54 Å². The maximum atomic E-state index is 8.89. The van der Waals surface area contributed by atoms with E-state index >= 15 is 0 Å². The van der Waals surface area contributed by atoms with E-state index in [1.807, 2.05) is 25.1 Å². The van der Waals surface area contributed by atoms with E-state index in [2.05, 4.69) is 5.32 Å². The molecule has 0 heterocycles. The minimum Gasteiger partial charge on any atom is -0.493 e. The lowest BCUT2D eigenvalue weighted by atomic mass is 10.2. The molecule has 0 saturated heterocycles. The molecule has 0 aliphatic rings. The summed E-state index contributed by atoms with van der Waals surface area (Å²) in [5.74, 6) is 1.44. The van der Waals surface area contributed by atoms with E-state index in [0.717, 1.165) is 17.1 Å². The van der Waals surface area contributed by atoms with Gasteiger partial charge in [0.05, 0.1) is 20.8 Å². The summed E-state index contributed by atoms with van der Waals surface area (Å²) in [4.78, 5) is 0. The normalized spacial score (nSPS) is 12.2. The molecule has 0 bridgehead atoms. The summed E-state index contributed by atoms with van der Waals surface area (Å²) in [6.45, 7) is 2.76. The predicted molar refractivity (Wildman–Crippen MR) is 62.9 cm³/mol. The van der Waals surface area contributed by atoms with Gasteiger partial charge < -0.3 is 19.9 Å². The van der Waals surface area contributed by atoms with Gasteiger partial charge in [-0.2, -0.15) is 0 Å². The highest BCUT2D eigenvalue weighted by atomic mass is 16.5. The van der Waals surface area contributed by atoms with Crippen LogP contribution >= 0.6 is 0 Å². The Bertz CT molecular complexity index is 328. The van der Waals surface area contributed by atoms with E-state index in [4.69, 9.17) is 14.6 Å². The van der Waals surface area contributed by atoms with Crippen molar-refractivity contribution in [2.45, 2.75) is 19.5 Å². The number of hydrogen-bond acceptors (Lipinski definition) is 4. The van der Waals surface area contributed by atoms with E-state index in [-0.39, 0.29) is 12.6 Å². The average Bonchev–Trinajstić information content (AvgIpc) is 2.35.